The Labute approximate surface area is 105 Å². The summed E-state index contributed by atoms with van der Waals surface area (Å²) in [6, 6.07) is 0. The zero-order valence-electron chi connectivity index (χ0n) is 9.80. The van der Waals surface area contributed by atoms with E-state index in [0.29, 0.717) is 17.4 Å². The number of hydrogen-bond acceptors (Lipinski definition) is 3. The van der Waals surface area contributed by atoms with Gasteiger partial charge in [-0.2, -0.15) is 5.10 Å². The highest BCUT2D eigenvalue weighted by atomic mass is 32.1. The molecule has 1 amide bonds. The number of carbonyl (C=O) groups excluding carboxylic acids is 1. The minimum atomic E-state index is -0.0688. The molecule has 0 saturated carbocycles. The second kappa shape index (κ2) is 4.67. The number of amides is 1. The van der Waals surface area contributed by atoms with Crippen LogP contribution in [0.3, 0.4) is 0 Å². The maximum absolute atomic E-state index is 12.0. The molecule has 0 radical (unpaired) electrons. The van der Waals surface area contributed by atoms with Gasteiger partial charge in [0.05, 0.1) is 6.20 Å². The van der Waals surface area contributed by atoms with Gasteiger partial charge in [0, 0.05) is 25.4 Å². The average Bonchev–Trinajstić information content (AvgIpc) is 2.79. The van der Waals surface area contributed by atoms with Crippen LogP contribution in [0.15, 0.2) is 18.1 Å². The van der Waals surface area contributed by atoms with Gasteiger partial charge in [-0.15, -0.1) is 0 Å². The molecule has 1 fully saturated rings. The molecule has 1 saturated heterocycles. The van der Waals surface area contributed by atoms with Crippen LogP contribution in [0.25, 0.3) is 6.08 Å². The Balaban J connectivity index is 2.21. The Hall–Kier alpha value is -1.69. The summed E-state index contributed by atoms with van der Waals surface area (Å²) in [5, 5.41) is 7.45. The van der Waals surface area contributed by atoms with E-state index in [9.17, 15) is 4.79 Å². The molecule has 0 bridgehead atoms. The molecule has 0 unspecified atom stereocenters. The highest BCUT2D eigenvalue weighted by Crippen LogP contribution is 2.13. The van der Waals surface area contributed by atoms with Crippen molar-refractivity contribution in [3.05, 3.63) is 23.7 Å². The fraction of sp³-hybridized carbons (Fsp3) is 0.364. The van der Waals surface area contributed by atoms with Crippen LogP contribution in [0.5, 0.6) is 0 Å². The minimum Gasteiger partial charge on any atom is -0.328 e. The molecular formula is C11H14N4OS. The lowest BCUT2D eigenvalue weighted by atomic mass is 10.3. The van der Waals surface area contributed by atoms with E-state index in [1.54, 1.807) is 21.9 Å². The maximum Gasteiger partial charge on any atom is 0.276 e. The minimum absolute atomic E-state index is 0.0688. The number of carbonyl (C=O) groups is 1. The van der Waals surface area contributed by atoms with Gasteiger partial charge < -0.3 is 5.32 Å². The van der Waals surface area contributed by atoms with E-state index in [-0.39, 0.29) is 5.91 Å². The van der Waals surface area contributed by atoms with Crippen molar-refractivity contribution in [1.29, 1.82) is 0 Å². The van der Waals surface area contributed by atoms with Crippen molar-refractivity contribution in [2.24, 2.45) is 7.05 Å². The molecule has 6 heteroatoms. The average molecular weight is 250 g/mol. The van der Waals surface area contributed by atoms with Crippen molar-refractivity contribution in [3.8, 4) is 0 Å². The zero-order valence-corrected chi connectivity index (χ0v) is 10.6. The molecule has 1 aliphatic heterocycles. The van der Waals surface area contributed by atoms with E-state index in [1.165, 1.54) is 0 Å². The lowest BCUT2D eigenvalue weighted by Crippen LogP contribution is -2.31. The molecule has 2 rings (SSSR count). The van der Waals surface area contributed by atoms with Crippen molar-refractivity contribution in [3.63, 3.8) is 0 Å². The van der Waals surface area contributed by atoms with E-state index in [2.05, 4.69) is 10.4 Å². The van der Waals surface area contributed by atoms with Crippen LogP contribution in [0.4, 0.5) is 0 Å². The standard InChI is InChI=1S/C11H14N4OS/c1-3-4-15-10(16)9(13-11(15)17)5-8-6-12-14(2)7-8/h5-7H,3-4H2,1-2H3,(H,13,17). The molecule has 90 valence electrons. The molecule has 2 heterocycles. The third-order valence-corrected chi connectivity index (χ3v) is 2.77. The topological polar surface area (TPSA) is 50.2 Å². The number of nitrogens with zero attached hydrogens (tertiary/aromatic N) is 3. The van der Waals surface area contributed by atoms with Crippen LogP contribution in [0.1, 0.15) is 18.9 Å². The molecule has 0 spiro atoms. The van der Waals surface area contributed by atoms with Gasteiger partial charge in [0.15, 0.2) is 5.11 Å². The summed E-state index contributed by atoms with van der Waals surface area (Å²) in [6.07, 6.45) is 6.19. The van der Waals surface area contributed by atoms with Gasteiger partial charge in [0.25, 0.3) is 5.91 Å². The first-order valence-electron chi connectivity index (χ1n) is 5.45. The van der Waals surface area contributed by atoms with Crippen LogP contribution in [0, 0.1) is 0 Å². The van der Waals surface area contributed by atoms with Gasteiger partial charge in [0.1, 0.15) is 5.70 Å². The first kappa shape index (κ1) is 11.8. The smallest absolute Gasteiger partial charge is 0.276 e. The molecule has 0 atom stereocenters. The SMILES string of the molecule is CCCN1C(=O)C(=Cc2cnn(C)c2)NC1=S. The number of thiocarbonyl (C=S) groups is 1. The molecule has 5 nitrogen and oxygen atoms in total. The Kier molecular flexibility index (Phi) is 3.23. The first-order chi connectivity index (χ1) is 8.11. The summed E-state index contributed by atoms with van der Waals surface area (Å²) >= 11 is 5.11. The van der Waals surface area contributed by atoms with Gasteiger partial charge in [-0.05, 0) is 24.7 Å². The first-order valence-corrected chi connectivity index (χ1v) is 5.86. The van der Waals surface area contributed by atoms with Gasteiger partial charge in [-0.25, -0.2) is 0 Å². The van der Waals surface area contributed by atoms with Crippen LogP contribution in [-0.4, -0.2) is 32.2 Å². The maximum atomic E-state index is 12.0. The number of hydrogen-bond donors (Lipinski definition) is 1. The molecule has 1 aliphatic rings. The fourth-order valence-electron chi connectivity index (χ4n) is 1.68. The van der Waals surface area contributed by atoms with Crippen molar-refractivity contribution < 1.29 is 4.79 Å². The second-order valence-electron chi connectivity index (χ2n) is 3.89. The Morgan fingerprint density at radius 3 is 2.94 bits per heavy atom. The van der Waals surface area contributed by atoms with Crippen molar-refractivity contribution in [2.45, 2.75) is 13.3 Å². The monoisotopic (exact) mass is 250 g/mol. The summed E-state index contributed by atoms with van der Waals surface area (Å²) in [4.78, 5) is 13.6. The van der Waals surface area contributed by atoms with Gasteiger partial charge in [0.2, 0.25) is 0 Å². The molecule has 17 heavy (non-hydrogen) atoms. The van der Waals surface area contributed by atoms with Crippen LogP contribution >= 0.6 is 12.2 Å². The van der Waals surface area contributed by atoms with Crippen molar-refractivity contribution in [2.75, 3.05) is 6.54 Å². The number of rotatable bonds is 3. The lowest BCUT2D eigenvalue weighted by Gasteiger charge is -2.11. The third-order valence-electron chi connectivity index (χ3n) is 2.45. The molecule has 1 aromatic rings. The summed E-state index contributed by atoms with van der Waals surface area (Å²) in [7, 11) is 1.83. The van der Waals surface area contributed by atoms with E-state index >= 15 is 0 Å². The van der Waals surface area contributed by atoms with E-state index in [4.69, 9.17) is 12.2 Å². The van der Waals surface area contributed by atoms with Crippen molar-refractivity contribution in [1.82, 2.24) is 20.0 Å². The van der Waals surface area contributed by atoms with Gasteiger partial charge in [-0.1, -0.05) is 6.92 Å². The highest BCUT2D eigenvalue weighted by molar-refractivity contribution is 7.80. The van der Waals surface area contributed by atoms with Crippen LogP contribution < -0.4 is 5.32 Å². The van der Waals surface area contributed by atoms with Crippen LogP contribution in [0.2, 0.25) is 0 Å². The summed E-state index contributed by atoms with van der Waals surface area (Å²) < 4.78 is 1.69. The summed E-state index contributed by atoms with van der Waals surface area (Å²) in [6.45, 7) is 2.66. The molecule has 0 aromatic carbocycles. The van der Waals surface area contributed by atoms with Gasteiger partial charge >= 0.3 is 0 Å². The highest BCUT2D eigenvalue weighted by Gasteiger charge is 2.29. The number of aromatic nitrogens is 2. The Morgan fingerprint density at radius 1 is 1.59 bits per heavy atom. The normalized spacial score (nSPS) is 18.0. The molecular weight excluding hydrogens is 236 g/mol. The largest absolute Gasteiger partial charge is 0.328 e. The number of aryl methyl sites for hydroxylation is 1. The molecule has 1 N–H and O–H groups in total. The van der Waals surface area contributed by atoms with E-state index < -0.39 is 0 Å². The molecule has 0 aliphatic carbocycles. The quantitative estimate of drug-likeness (QED) is 0.639. The van der Waals surface area contributed by atoms with Gasteiger partial charge in [-0.3, -0.25) is 14.4 Å². The van der Waals surface area contributed by atoms with Crippen molar-refractivity contribution >= 4 is 29.3 Å². The lowest BCUT2D eigenvalue weighted by molar-refractivity contribution is -0.122. The Morgan fingerprint density at radius 2 is 2.35 bits per heavy atom. The fourth-order valence-corrected chi connectivity index (χ4v) is 1.96. The summed E-state index contributed by atoms with van der Waals surface area (Å²) in [5.74, 6) is -0.0688. The third kappa shape index (κ3) is 2.36. The van der Waals surface area contributed by atoms with E-state index in [0.717, 1.165) is 12.0 Å². The van der Waals surface area contributed by atoms with Crippen LogP contribution in [-0.2, 0) is 11.8 Å². The molecule has 1 aromatic heterocycles. The zero-order chi connectivity index (χ0) is 12.4. The predicted octanol–water partition coefficient (Wildman–Crippen LogP) is 0.888. The summed E-state index contributed by atoms with van der Waals surface area (Å²) in [5.41, 5.74) is 1.39. The van der Waals surface area contributed by atoms with E-state index in [1.807, 2.05) is 20.2 Å². The Bertz CT molecular complexity index is 491. The second-order valence-corrected chi connectivity index (χ2v) is 4.28. The number of nitrogens with one attached hydrogen (secondary N) is 1. The predicted molar refractivity (Wildman–Crippen MR) is 68.9 cm³/mol.